The van der Waals surface area contributed by atoms with Crippen molar-refractivity contribution in [3.05, 3.63) is 21.4 Å². The molecule has 4 heteroatoms. The monoisotopic (exact) mass is 267 g/mol. The lowest BCUT2D eigenvalue weighted by Gasteiger charge is -2.35. The van der Waals surface area contributed by atoms with Crippen LogP contribution in [0.2, 0.25) is 0 Å². The normalized spacial score (nSPS) is 18.7. The molecule has 1 aromatic rings. The largest absolute Gasteiger partial charge is 0.326 e. The maximum atomic E-state index is 5.71. The highest BCUT2D eigenvalue weighted by molar-refractivity contribution is 7.12. The minimum atomic E-state index is 0.675. The van der Waals surface area contributed by atoms with Crippen LogP contribution in [0.1, 0.15) is 28.2 Å². The predicted molar refractivity (Wildman–Crippen MR) is 78.9 cm³/mol. The molecule has 1 aliphatic heterocycles. The van der Waals surface area contributed by atoms with Gasteiger partial charge in [-0.25, -0.2) is 0 Å². The number of rotatable bonds is 4. The third-order valence-electron chi connectivity index (χ3n) is 3.95. The maximum absolute atomic E-state index is 5.71. The van der Waals surface area contributed by atoms with Crippen LogP contribution in [0.15, 0.2) is 6.07 Å². The van der Waals surface area contributed by atoms with E-state index in [-0.39, 0.29) is 0 Å². The lowest BCUT2D eigenvalue weighted by Crippen LogP contribution is -2.41. The summed E-state index contributed by atoms with van der Waals surface area (Å²) in [6.07, 6.45) is 2.58. The van der Waals surface area contributed by atoms with Crippen LogP contribution in [0.3, 0.4) is 0 Å². The lowest BCUT2D eigenvalue weighted by molar-refractivity contribution is 0.140. The first-order valence-electron chi connectivity index (χ1n) is 6.77. The van der Waals surface area contributed by atoms with Crippen molar-refractivity contribution in [2.45, 2.75) is 38.9 Å². The number of nitrogens with zero attached hydrogens (tertiary/aromatic N) is 2. The van der Waals surface area contributed by atoms with Gasteiger partial charge in [-0.15, -0.1) is 11.3 Å². The predicted octanol–water partition coefficient (Wildman–Crippen LogP) is 2.04. The zero-order valence-electron chi connectivity index (χ0n) is 11.8. The SMILES string of the molecule is Cc1sc(CN)cc1CN1CCC(N(C)C)CC1. The van der Waals surface area contributed by atoms with E-state index in [0.29, 0.717) is 6.54 Å². The summed E-state index contributed by atoms with van der Waals surface area (Å²) < 4.78 is 0. The standard InChI is InChI=1S/C14H25N3S/c1-11-12(8-14(9-15)18-11)10-17-6-4-13(5-7-17)16(2)3/h8,13H,4-7,9-10,15H2,1-3H3. The van der Waals surface area contributed by atoms with Gasteiger partial charge in [-0.3, -0.25) is 4.90 Å². The molecule has 102 valence electrons. The third-order valence-corrected chi connectivity index (χ3v) is 5.07. The summed E-state index contributed by atoms with van der Waals surface area (Å²) in [7, 11) is 4.38. The fourth-order valence-corrected chi connectivity index (χ4v) is 3.61. The molecular formula is C14H25N3S. The molecule has 2 N–H and O–H groups in total. The first-order chi connectivity index (χ1) is 8.60. The molecule has 18 heavy (non-hydrogen) atoms. The van der Waals surface area contributed by atoms with Crippen molar-refractivity contribution >= 4 is 11.3 Å². The molecule has 0 spiro atoms. The fourth-order valence-electron chi connectivity index (χ4n) is 2.68. The van der Waals surface area contributed by atoms with Gasteiger partial charge in [-0.2, -0.15) is 0 Å². The second-order valence-electron chi connectivity index (χ2n) is 5.47. The number of hydrogen-bond donors (Lipinski definition) is 1. The van der Waals surface area contributed by atoms with E-state index in [2.05, 4.69) is 36.9 Å². The van der Waals surface area contributed by atoms with E-state index >= 15 is 0 Å². The van der Waals surface area contributed by atoms with Crippen LogP contribution < -0.4 is 5.73 Å². The molecule has 1 aromatic heterocycles. The van der Waals surface area contributed by atoms with Gasteiger partial charge < -0.3 is 10.6 Å². The molecule has 1 aliphatic rings. The van der Waals surface area contributed by atoms with E-state index in [4.69, 9.17) is 5.73 Å². The summed E-state index contributed by atoms with van der Waals surface area (Å²) in [5.41, 5.74) is 7.18. The number of aryl methyl sites for hydroxylation is 1. The van der Waals surface area contributed by atoms with Crippen molar-refractivity contribution in [2.24, 2.45) is 5.73 Å². The van der Waals surface area contributed by atoms with Gasteiger partial charge in [-0.1, -0.05) is 0 Å². The average molecular weight is 267 g/mol. The van der Waals surface area contributed by atoms with Gasteiger partial charge in [0.25, 0.3) is 0 Å². The number of likely N-dealkylation sites (tertiary alicyclic amines) is 1. The van der Waals surface area contributed by atoms with Crippen LogP contribution in [0.25, 0.3) is 0 Å². The summed E-state index contributed by atoms with van der Waals surface area (Å²) >= 11 is 1.85. The van der Waals surface area contributed by atoms with Crippen molar-refractivity contribution in [2.75, 3.05) is 27.2 Å². The van der Waals surface area contributed by atoms with Gasteiger partial charge in [0.05, 0.1) is 0 Å². The summed E-state index contributed by atoms with van der Waals surface area (Å²) in [4.78, 5) is 7.69. The van der Waals surface area contributed by atoms with Crippen molar-refractivity contribution < 1.29 is 0 Å². The maximum Gasteiger partial charge on any atom is 0.0274 e. The highest BCUT2D eigenvalue weighted by Gasteiger charge is 2.21. The van der Waals surface area contributed by atoms with Crippen LogP contribution in [-0.2, 0) is 13.1 Å². The van der Waals surface area contributed by atoms with Gasteiger partial charge in [0.2, 0.25) is 0 Å². The summed E-state index contributed by atoms with van der Waals surface area (Å²) in [5.74, 6) is 0. The Morgan fingerprint density at radius 2 is 2.06 bits per heavy atom. The van der Waals surface area contributed by atoms with E-state index in [1.807, 2.05) is 11.3 Å². The van der Waals surface area contributed by atoms with Gasteiger partial charge >= 0.3 is 0 Å². The Labute approximate surface area is 115 Å². The molecule has 1 saturated heterocycles. The van der Waals surface area contributed by atoms with Gasteiger partial charge in [0.1, 0.15) is 0 Å². The molecular weight excluding hydrogens is 242 g/mol. The molecule has 0 aliphatic carbocycles. The minimum Gasteiger partial charge on any atom is -0.326 e. The molecule has 0 radical (unpaired) electrons. The summed E-state index contributed by atoms with van der Waals surface area (Å²) in [5, 5.41) is 0. The molecule has 0 amide bonds. The molecule has 1 fully saturated rings. The smallest absolute Gasteiger partial charge is 0.0274 e. The van der Waals surface area contributed by atoms with Crippen molar-refractivity contribution in [3.63, 3.8) is 0 Å². The quantitative estimate of drug-likeness (QED) is 0.906. The Kier molecular flexibility index (Phi) is 4.78. The minimum absolute atomic E-state index is 0.675. The van der Waals surface area contributed by atoms with Crippen LogP contribution in [0.4, 0.5) is 0 Å². The summed E-state index contributed by atoms with van der Waals surface area (Å²) in [6.45, 7) is 6.43. The molecule has 0 atom stereocenters. The zero-order valence-corrected chi connectivity index (χ0v) is 12.6. The van der Waals surface area contributed by atoms with E-state index in [1.165, 1.54) is 41.2 Å². The Morgan fingerprint density at radius 1 is 1.39 bits per heavy atom. The molecule has 0 unspecified atom stereocenters. The number of nitrogens with two attached hydrogens (primary N) is 1. The zero-order chi connectivity index (χ0) is 13.1. The van der Waals surface area contributed by atoms with Gasteiger partial charge in [-0.05, 0) is 58.6 Å². The lowest BCUT2D eigenvalue weighted by atomic mass is 10.0. The molecule has 3 nitrogen and oxygen atoms in total. The second-order valence-corrected chi connectivity index (χ2v) is 6.81. The molecule has 2 rings (SSSR count). The third kappa shape index (κ3) is 3.32. The number of hydrogen-bond acceptors (Lipinski definition) is 4. The molecule has 0 aromatic carbocycles. The molecule has 0 bridgehead atoms. The van der Waals surface area contributed by atoms with Crippen molar-refractivity contribution in [1.82, 2.24) is 9.80 Å². The summed E-state index contributed by atoms with van der Waals surface area (Å²) in [6, 6.07) is 3.06. The average Bonchev–Trinajstić information content (AvgIpc) is 2.71. The van der Waals surface area contributed by atoms with Gasteiger partial charge in [0, 0.05) is 28.9 Å². The van der Waals surface area contributed by atoms with Crippen LogP contribution >= 0.6 is 11.3 Å². The Balaban J connectivity index is 1.89. The first kappa shape index (κ1) is 14.0. The highest BCUT2D eigenvalue weighted by Crippen LogP contribution is 2.24. The van der Waals surface area contributed by atoms with Crippen LogP contribution in [-0.4, -0.2) is 43.0 Å². The van der Waals surface area contributed by atoms with E-state index < -0.39 is 0 Å². The molecule has 2 heterocycles. The Bertz CT molecular complexity index is 378. The van der Waals surface area contributed by atoms with E-state index in [9.17, 15) is 0 Å². The van der Waals surface area contributed by atoms with Gasteiger partial charge in [0.15, 0.2) is 0 Å². The van der Waals surface area contributed by atoms with Crippen molar-refractivity contribution in [3.8, 4) is 0 Å². The van der Waals surface area contributed by atoms with Crippen LogP contribution in [0.5, 0.6) is 0 Å². The highest BCUT2D eigenvalue weighted by atomic mass is 32.1. The number of piperidine rings is 1. The van der Waals surface area contributed by atoms with E-state index in [0.717, 1.165) is 12.6 Å². The Morgan fingerprint density at radius 3 is 2.56 bits per heavy atom. The topological polar surface area (TPSA) is 32.5 Å². The number of thiophene rings is 1. The van der Waals surface area contributed by atoms with Crippen LogP contribution in [0, 0.1) is 6.92 Å². The van der Waals surface area contributed by atoms with Crippen molar-refractivity contribution in [1.29, 1.82) is 0 Å². The van der Waals surface area contributed by atoms with E-state index in [1.54, 1.807) is 0 Å². The second kappa shape index (κ2) is 6.15. The first-order valence-corrected chi connectivity index (χ1v) is 7.59. The Hall–Kier alpha value is -0.420. The molecule has 0 saturated carbocycles. The fraction of sp³-hybridized carbons (Fsp3) is 0.714.